The van der Waals surface area contributed by atoms with Crippen molar-refractivity contribution in [1.29, 1.82) is 0 Å². The summed E-state index contributed by atoms with van der Waals surface area (Å²) in [6.45, 7) is 5.97. The molecular formula is C22H27N5O2. The van der Waals surface area contributed by atoms with E-state index >= 15 is 0 Å². The van der Waals surface area contributed by atoms with Gasteiger partial charge >= 0.3 is 0 Å². The molecule has 0 aliphatic carbocycles. The second-order valence-electron chi connectivity index (χ2n) is 7.77. The predicted octanol–water partition coefficient (Wildman–Crippen LogP) is 1.73. The number of carbonyl (C=O) groups is 2. The van der Waals surface area contributed by atoms with Gasteiger partial charge in [-0.05, 0) is 25.3 Å². The van der Waals surface area contributed by atoms with Gasteiger partial charge in [0.15, 0.2) is 0 Å². The molecule has 0 saturated carbocycles. The number of hydrogen-bond acceptors (Lipinski definition) is 5. The van der Waals surface area contributed by atoms with Gasteiger partial charge in [0.05, 0.1) is 17.9 Å². The molecule has 7 heteroatoms. The molecular weight excluding hydrogens is 366 g/mol. The molecule has 29 heavy (non-hydrogen) atoms. The van der Waals surface area contributed by atoms with E-state index in [1.807, 2.05) is 34.9 Å². The zero-order valence-electron chi connectivity index (χ0n) is 16.8. The van der Waals surface area contributed by atoms with E-state index in [4.69, 9.17) is 0 Å². The average Bonchev–Trinajstić information content (AvgIpc) is 2.76. The number of amides is 2. The summed E-state index contributed by atoms with van der Waals surface area (Å²) in [5.41, 5.74) is 2.34. The van der Waals surface area contributed by atoms with Gasteiger partial charge in [-0.3, -0.25) is 19.5 Å². The van der Waals surface area contributed by atoms with Crippen molar-refractivity contribution in [3.05, 3.63) is 59.7 Å². The molecule has 0 bridgehead atoms. The number of benzene rings is 1. The molecule has 2 aromatic rings. The minimum atomic E-state index is -0.0853. The SMILES string of the molecule is Cc1cnc(C(=O)N2CCN(C3CCCN(Cc4ccccc4)C3=O)CC2)cn1. The van der Waals surface area contributed by atoms with Gasteiger partial charge in [0.2, 0.25) is 5.91 Å². The molecule has 7 nitrogen and oxygen atoms in total. The van der Waals surface area contributed by atoms with E-state index in [2.05, 4.69) is 27.0 Å². The number of likely N-dealkylation sites (tertiary alicyclic amines) is 1. The van der Waals surface area contributed by atoms with E-state index in [0.29, 0.717) is 38.4 Å². The lowest BCUT2D eigenvalue weighted by atomic mass is 10.0. The fraction of sp³-hybridized carbons (Fsp3) is 0.455. The van der Waals surface area contributed by atoms with Crippen molar-refractivity contribution in [3.8, 4) is 0 Å². The van der Waals surface area contributed by atoms with Gasteiger partial charge in [-0.1, -0.05) is 30.3 Å². The lowest BCUT2D eigenvalue weighted by Crippen LogP contribution is -2.58. The molecule has 0 N–H and O–H groups in total. The van der Waals surface area contributed by atoms with Crippen molar-refractivity contribution >= 4 is 11.8 Å². The Morgan fingerprint density at radius 1 is 1.03 bits per heavy atom. The molecule has 2 aliphatic heterocycles. The van der Waals surface area contributed by atoms with Gasteiger partial charge < -0.3 is 9.80 Å². The zero-order valence-corrected chi connectivity index (χ0v) is 16.8. The van der Waals surface area contributed by atoms with Crippen LogP contribution in [0.25, 0.3) is 0 Å². The number of hydrogen-bond donors (Lipinski definition) is 0. The molecule has 1 aromatic heterocycles. The lowest BCUT2D eigenvalue weighted by molar-refractivity contribution is -0.141. The molecule has 1 atom stereocenters. The van der Waals surface area contributed by atoms with Crippen LogP contribution in [0, 0.1) is 6.92 Å². The summed E-state index contributed by atoms with van der Waals surface area (Å²) in [4.78, 5) is 40.1. The normalized spacial score (nSPS) is 20.7. The Kier molecular flexibility index (Phi) is 5.85. The van der Waals surface area contributed by atoms with Crippen molar-refractivity contribution in [2.75, 3.05) is 32.7 Å². The molecule has 0 radical (unpaired) electrons. The van der Waals surface area contributed by atoms with E-state index in [0.717, 1.165) is 30.6 Å². The maximum Gasteiger partial charge on any atom is 0.274 e. The van der Waals surface area contributed by atoms with E-state index in [1.165, 1.54) is 6.20 Å². The average molecular weight is 393 g/mol. The Labute approximate surface area is 171 Å². The molecule has 152 valence electrons. The zero-order chi connectivity index (χ0) is 20.2. The van der Waals surface area contributed by atoms with Crippen LogP contribution >= 0.6 is 0 Å². The third kappa shape index (κ3) is 4.45. The van der Waals surface area contributed by atoms with Gasteiger partial charge in [0, 0.05) is 45.5 Å². The van der Waals surface area contributed by atoms with E-state index < -0.39 is 0 Å². The Hall–Kier alpha value is -2.80. The van der Waals surface area contributed by atoms with Crippen molar-refractivity contribution in [3.63, 3.8) is 0 Å². The van der Waals surface area contributed by atoms with Crippen molar-refractivity contribution in [2.24, 2.45) is 0 Å². The highest BCUT2D eigenvalue weighted by atomic mass is 16.2. The van der Waals surface area contributed by atoms with Gasteiger partial charge in [-0.15, -0.1) is 0 Å². The molecule has 2 saturated heterocycles. The molecule has 1 aromatic carbocycles. The van der Waals surface area contributed by atoms with Crippen molar-refractivity contribution < 1.29 is 9.59 Å². The van der Waals surface area contributed by atoms with Crippen LogP contribution < -0.4 is 0 Å². The maximum absolute atomic E-state index is 13.1. The highest BCUT2D eigenvalue weighted by molar-refractivity contribution is 5.92. The van der Waals surface area contributed by atoms with Crippen LogP contribution in [0.3, 0.4) is 0 Å². The van der Waals surface area contributed by atoms with Gasteiger partial charge in [0.1, 0.15) is 5.69 Å². The Morgan fingerprint density at radius 3 is 2.48 bits per heavy atom. The minimum absolute atomic E-state index is 0.0797. The smallest absolute Gasteiger partial charge is 0.274 e. The molecule has 0 spiro atoms. The van der Waals surface area contributed by atoms with Crippen LogP contribution in [0.2, 0.25) is 0 Å². The first-order chi connectivity index (χ1) is 14.1. The van der Waals surface area contributed by atoms with E-state index in [-0.39, 0.29) is 17.9 Å². The third-order valence-corrected chi connectivity index (χ3v) is 5.76. The summed E-state index contributed by atoms with van der Waals surface area (Å²) < 4.78 is 0. The van der Waals surface area contributed by atoms with Crippen LogP contribution in [0.15, 0.2) is 42.7 Å². The number of aryl methyl sites for hydroxylation is 1. The Morgan fingerprint density at radius 2 is 1.79 bits per heavy atom. The fourth-order valence-corrected chi connectivity index (χ4v) is 4.12. The summed E-state index contributed by atoms with van der Waals surface area (Å²) in [7, 11) is 0. The van der Waals surface area contributed by atoms with Crippen LogP contribution in [0.5, 0.6) is 0 Å². The Bertz CT molecular complexity index is 847. The second-order valence-corrected chi connectivity index (χ2v) is 7.77. The summed E-state index contributed by atoms with van der Waals surface area (Å²) in [5, 5.41) is 0. The number of piperidine rings is 1. The van der Waals surface area contributed by atoms with Gasteiger partial charge in [0.25, 0.3) is 5.91 Å². The van der Waals surface area contributed by atoms with Crippen molar-refractivity contribution in [2.45, 2.75) is 32.4 Å². The standard InChI is InChI=1S/C22H27N5O2/c1-17-14-24-19(15-23-17)21(28)26-12-10-25(11-13-26)20-8-5-9-27(22(20)29)16-18-6-3-2-4-7-18/h2-4,6-7,14-15,20H,5,8-13,16H2,1H3. The molecule has 1 unspecified atom stereocenters. The first-order valence-electron chi connectivity index (χ1n) is 10.3. The largest absolute Gasteiger partial charge is 0.337 e. The maximum atomic E-state index is 13.1. The predicted molar refractivity (Wildman–Crippen MR) is 109 cm³/mol. The van der Waals surface area contributed by atoms with E-state index in [1.54, 1.807) is 6.20 Å². The number of carbonyl (C=O) groups excluding carboxylic acids is 2. The van der Waals surface area contributed by atoms with Crippen LogP contribution in [-0.2, 0) is 11.3 Å². The number of rotatable bonds is 4. The molecule has 2 fully saturated rings. The topological polar surface area (TPSA) is 69.6 Å². The monoisotopic (exact) mass is 393 g/mol. The van der Waals surface area contributed by atoms with Crippen molar-refractivity contribution in [1.82, 2.24) is 24.7 Å². The van der Waals surface area contributed by atoms with Crippen LogP contribution in [0.1, 0.15) is 34.6 Å². The summed E-state index contributed by atoms with van der Waals surface area (Å²) in [6, 6.07) is 10.1. The Balaban J connectivity index is 1.34. The molecule has 2 amide bonds. The lowest BCUT2D eigenvalue weighted by Gasteiger charge is -2.42. The second kappa shape index (κ2) is 8.69. The van der Waals surface area contributed by atoms with Crippen LogP contribution in [-0.4, -0.2) is 75.2 Å². The van der Waals surface area contributed by atoms with Gasteiger partial charge in [-0.25, -0.2) is 4.98 Å². The molecule has 4 rings (SSSR count). The number of piperazine rings is 1. The number of aromatic nitrogens is 2. The number of nitrogens with zero attached hydrogens (tertiary/aromatic N) is 5. The molecule has 2 aliphatic rings. The van der Waals surface area contributed by atoms with Gasteiger partial charge in [-0.2, -0.15) is 0 Å². The van der Waals surface area contributed by atoms with Crippen LogP contribution in [0.4, 0.5) is 0 Å². The molecule has 3 heterocycles. The van der Waals surface area contributed by atoms with E-state index in [9.17, 15) is 9.59 Å². The third-order valence-electron chi connectivity index (χ3n) is 5.76. The highest BCUT2D eigenvalue weighted by Gasteiger charge is 2.35. The summed E-state index contributed by atoms with van der Waals surface area (Å²) in [6.07, 6.45) is 5.06. The first kappa shape index (κ1) is 19.5. The summed E-state index contributed by atoms with van der Waals surface area (Å²) >= 11 is 0. The minimum Gasteiger partial charge on any atom is -0.337 e. The summed E-state index contributed by atoms with van der Waals surface area (Å²) in [5.74, 6) is 0.127. The fourth-order valence-electron chi connectivity index (χ4n) is 4.12. The first-order valence-corrected chi connectivity index (χ1v) is 10.3. The quantitative estimate of drug-likeness (QED) is 0.791. The highest BCUT2D eigenvalue weighted by Crippen LogP contribution is 2.21.